The highest BCUT2D eigenvalue weighted by molar-refractivity contribution is 5.96. The Hall–Kier alpha value is -3.29. The summed E-state index contributed by atoms with van der Waals surface area (Å²) >= 11 is 0. The van der Waals surface area contributed by atoms with Gasteiger partial charge in [0.05, 0.1) is 17.4 Å². The number of amidine groups is 1. The van der Waals surface area contributed by atoms with Crippen molar-refractivity contribution in [1.29, 1.82) is 5.41 Å². The summed E-state index contributed by atoms with van der Waals surface area (Å²) in [6.45, 7) is 0. The summed E-state index contributed by atoms with van der Waals surface area (Å²) < 4.78 is 7.00. The molecule has 3 N–H and O–H groups in total. The third-order valence-electron chi connectivity index (χ3n) is 2.66. The highest BCUT2D eigenvalue weighted by atomic mass is 16.5. The third kappa shape index (κ3) is 2.68. The smallest absolute Gasteiger partial charge is 0.342 e. The van der Waals surface area contributed by atoms with E-state index < -0.39 is 0 Å². The standard InChI is InChI=1S/C13H11N7O/c14-11(15)10-6-7-17-18-12(10)21-13-16-8-20(19-13)9-4-2-1-3-5-9/h1-8H,(H3,14,15). The van der Waals surface area contributed by atoms with Crippen LogP contribution < -0.4 is 10.5 Å². The van der Waals surface area contributed by atoms with Gasteiger partial charge in [-0.25, -0.2) is 4.68 Å². The molecule has 0 aliphatic carbocycles. The molecule has 0 saturated carbocycles. The van der Waals surface area contributed by atoms with Gasteiger partial charge in [-0.3, -0.25) is 5.41 Å². The van der Waals surface area contributed by atoms with Gasteiger partial charge in [0.15, 0.2) is 0 Å². The minimum Gasteiger partial charge on any atom is -0.402 e. The summed E-state index contributed by atoms with van der Waals surface area (Å²) in [6, 6.07) is 11.1. The molecule has 3 aromatic rings. The maximum atomic E-state index is 7.47. The van der Waals surface area contributed by atoms with E-state index in [1.54, 1.807) is 10.7 Å². The van der Waals surface area contributed by atoms with Crippen molar-refractivity contribution in [1.82, 2.24) is 25.0 Å². The molecule has 0 spiro atoms. The van der Waals surface area contributed by atoms with Crippen molar-refractivity contribution >= 4 is 5.84 Å². The zero-order valence-corrected chi connectivity index (χ0v) is 10.8. The summed E-state index contributed by atoms with van der Waals surface area (Å²) in [4.78, 5) is 4.04. The highest BCUT2D eigenvalue weighted by Crippen LogP contribution is 2.19. The number of aromatic nitrogens is 5. The Kier molecular flexibility index (Phi) is 3.26. The van der Waals surface area contributed by atoms with Crippen LogP contribution in [0.4, 0.5) is 0 Å². The van der Waals surface area contributed by atoms with Crippen LogP contribution in [0.2, 0.25) is 0 Å². The van der Waals surface area contributed by atoms with Crippen molar-refractivity contribution in [2.75, 3.05) is 0 Å². The molecule has 8 heteroatoms. The maximum absolute atomic E-state index is 7.47. The van der Waals surface area contributed by atoms with E-state index >= 15 is 0 Å². The molecule has 0 saturated heterocycles. The molecular formula is C13H11N7O. The average molecular weight is 281 g/mol. The van der Waals surface area contributed by atoms with Crippen LogP contribution >= 0.6 is 0 Å². The molecule has 0 fully saturated rings. The molecular weight excluding hydrogens is 270 g/mol. The molecule has 0 atom stereocenters. The highest BCUT2D eigenvalue weighted by Gasteiger charge is 2.12. The summed E-state index contributed by atoms with van der Waals surface area (Å²) in [5.41, 5.74) is 6.64. The van der Waals surface area contributed by atoms with Gasteiger partial charge in [-0.15, -0.1) is 10.2 Å². The number of nitrogen functional groups attached to an aromatic ring is 1. The summed E-state index contributed by atoms with van der Waals surface area (Å²) in [6.07, 6.45) is 2.95. The van der Waals surface area contributed by atoms with Gasteiger partial charge in [0.25, 0.3) is 5.88 Å². The number of nitrogens with one attached hydrogen (secondary N) is 1. The van der Waals surface area contributed by atoms with Crippen molar-refractivity contribution in [3.63, 3.8) is 0 Å². The Morgan fingerprint density at radius 1 is 1.19 bits per heavy atom. The lowest BCUT2D eigenvalue weighted by atomic mass is 10.3. The second-order valence-electron chi connectivity index (χ2n) is 4.07. The Morgan fingerprint density at radius 2 is 2.00 bits per heavy atom. The molecule has 104 valence electrons. The number of nitrogens with zero attached hydrogens (tertiary/aromatic N) is 5. The van der Waals surface area contributed by atoms with Crippen LogP contribution in [0.3, 0.4) is 0 Å². The van der Waals surface area contributed by atoms with E-state index in [1.165, 1.54) is 12.5 Å². The van der Waals surface area contributed by atoms with Crippen molar-refractivity contribution in [3.05, 3.63) is 54.5 Å². The van der Waals surface area contributed by atoms with Gasteiger partial charge in [0, 0.05) is 0 Å². The molecule has 3 rings (SSSR count). The molecule has 8 nitrogen and oxygen atoms in total. The average Bonchev–Trinajstić information content (AvgIpc) is 2.97. The van der Waals surface area contributed by atoms with Crippen LogP contribution in [0, 0.1) is 5.41 Å². The second kappa shape index (κ2) is 5.37. The number of rotatable bonds is 4. The van der Waals surface area contributed by atoms with Crippen molar-refractivity contribution in [3.8, 4) is 17.6 Å². The van der Waals surface area contributed by atoms with Crippen LogP contribution in [0.25, 0.3) is 5.69 Å². The molecule has 0 bridgehead atoms. The first-order chi connectivity index (χ1) is 10.2. The quantitative estimate of drug-likeness (QED) is 0.547. The number of ether oxygens (including phenoxy) is 1. The first-order valence-electron chi connectivity index (χ1n) is 6.05. The zero-order valence-electron chi connectivity index (χ0n) is 10.8. The molecule has 0 aliphatic heterocycles. The van der Waals surface area contributed by atoms with Crippen molar-refractivity contribution in [2.24, 2.45) is 5.73 Å². The SMILES string of the molecule is N=C(N)c1ccnnc1Oc1ncn(-c2ccccc2)n1. The summed E-state index contributed by atoms with van der Waals surface area (Å²) in [5.74, 6) is -0.0711. The van der Waals surface area contributed by atoms with E-state index in [4.69, 9.17) is 15.9 Å². The van der Waals surface area contributed by atoms with Crippen LogP contribution in [-0.4, -0.2) is 30.8 Å². The molecule has 2 aromatic heterocycles. The largest absolute Gasteiger partial charge is 0.402 e. The third-order valence-corrected chi connectivity index (χ3v) is 2.66. The number of benzene rings is 1. The van der Waals surface area contributed by atoms with E-state index in [1.807, 2.05) is 30.3 Å². The number of nitrogens with two attached hydrogens (primary N) is 1. The molecule has 2 heterocycles. The monoisotopic (exact) mass is 281 g/mol. The van der Waals surface area contributed by atoms with Gasteiger partial charge >= 0.3 is 6.01 Å². The fraction of sp³-hybridized carbons (Fsp3) is 0. The molecule has 0 radical (unpaired) electrons. The lowest BCUT2D eigenvalue weighted by Gasteiger charge is -2.04. The van der Waals surface area contributed by atoms with Gasteiger partial charge in [-0.05, 0) is 18.2 Å². The fourth-order valence-corrected chi connectivity index (χ4v) is 1.69. The summed E-state index contributed by atoms with van der Waals surface area (Å²) in [7, 11) is 0. The summed E-state index contributed by atoms with van der Waals surface area (Å²) in [5, 5.41) is 19.1. The predicted molar refractivity (Wildman–Crippen MR) is 74.5 cm³/mol. The van der Waals surface area contributed by atoms with Gasteiger partial charge in [0.2, 0.25) is 0 Å². The number of hydrogen-bond acceptors (Lipinski definition) is 6. The van der Waals surface area contributed by atoms with Crippen molar-refractivity contribution in [2.45, 2.75) is 0 Å². The Morgan fingerprint density at radius 3 is 2.76 bits per heavy atom. The van der Waals surface area contributed by atoms with Crippen LogP contribution in [0.5, 0.6) is 11.9 Å². The minimum absolute atomic E-state index is 0.0933. The first-order valence-corrected chi connectivity index (χ1v) is 6.05. The molecule has 1 aromatic carbocycles. The van der Waals surface area contributed by atoms with E-state index in [9.17, 15) is 0 Å². The van der Waals surface area contributed by atoms with E-state index in [0.717, 1.165) is 5.69 Å². The van der Waals surface area contributed by atoms with Crippen LogP contribution in [-0.2, 0) is 0 Å². The maximum Gasteiger partial charge on any atom is 0.342 e. The lowest BCUT2D eigenvalue weighted by molar-refractivity contribution is 0.417. The number of hydrogen-bond donors (Lipinski definition) is 2. The van der Waals surface area contributed by atoms with E-state index in [2.05, 4.69) is 20.3 Å². The topological polar surface area (TPSA) is 116 Å². The molecule has 0 aliphatic rings. The Labute approximate surface area is 119 Å². The zero-order chi connectivity index (χ0) is 14.7. The van der Waals surface area contributed by atoms with E-state index in [-0.39, 0.29) is 17.7 Å². The predicted octanol–water partition coefficient (Wildman–Crippen LogP) is 1.13. The first kappa shape index (κ1) is 12.7. The van der Waals surface area contributed by atoms with Gasteiger partial charge in [0.1, 0.15) is 12.2 Å². The Bertz CT molecular complexity index is 769. The van der Waals surface area contributed by atoms with Gasteiger partial charge < -0.3 is 10.5 Å². The molecule has 0 unspecified atom stereocenters. The van der Waals surface area contributed by atoms with Crippen molar-refractivity contribution < 1.29 is 4.74 Å². The minimum atomic E-state index is -0.164. The van der Waals surface area contributed by atoms with E-state index in [0.29, 0.717) is 5.56 Å². The molecule has 0 amide bonds. The number of para-hydroxylation sites is 1. The van der Waals surface area contributed by atoms with Crippen LogP contribution in [0.15, 0.2) is 48.9 Å². The Balaban J connectivity index is 1.87. The van der Waals surface area contributed by atoms with Crippen LogP contribution in [0.1, 0.15) is 5.56 Å². The molecule has 21 heavy (non-hydrogen) atoms. The lowest BCUT2D eigenvalue weighted by Crippen LogP contribution is -2.13. The second-order valence-corrected chi connectivity index (χ2v) is 4.07. The van der Waals surface area contributed by atoms with Gasteiger partial charge in [-0.1, -0.05) is 18.2 Å². The van der Waals surface area contributed by atoms with Gasteiger partial charge in [-0.2, -0.15) is 10.1 Å². The fourth-order valence-electron chi connectivity index (χ4n) is 1.69. The normalized spacial score (nSPS) is 10.3.